The van der Waals surface area contributed by atoms with Gasteiger partial charge in [0, 0.05) is 5.56 Å². The summed E-state index contributed by atoms with van der Waals surface area (Å²) in [5, 5.41) is 14.2. The number of methoxy groups -OCH3 is 3. The molecule has 1 aromatic carbocycles. The van der Waals surface area contributed by atoms with E-state index < -0.39 is 12.0 Å². The number of hydrogen-bond acceptors (Lipinski definition) is 9. The standard InChI is InChI=1S/C16H17N5O5/c1-8(22)12-13(15(23)26-4)17-16-18-19-20-21(16)14(12)10-7-9(24-2)5-6-11(10)25-3/h5-7,14H,1-4H3,(H,17,18,20)/t14-/m1/s1. The van der Waals surface area contributed by atoms with Gasteiger partial charge in [0.2, 0.25) is 5.95 Å². The number of nitrogens with zero attached hydrogens (tertiary/aromatic N) is 4. The second-order valence-corrected chi connectivity index (χ2v) is 5.42. The van der Waals surface area contributed by atoms with E-state index in [-0.39, 0.29) is 23.0 Å². The van der Waals surface area contributed by atoms with Crippen LogP contribution in [-0.4, -0.2) is 53.3 Å². The second kappa shape index (κ2) is 6.82. The summed E-state index contributed by atoms with van der Waals surface area (Å²) in [6, 6.07) is 4.34. The van der Waals surface area contributed by atoms with Gasteiger partial charge in [-0.25, -0.2) is 4.79 Å². The Bertz CT molecular complexity index is 904. The molecule has 0 saturated heterocycles. The minimum absolute atomic E-state index is 0.0165. The van der Waals surface area contributed by atoms with Crippen LogP contribution in [0.4, 0.5) is 5.95 Å². The third kappa shape index (κ3) is 2.75. The van der Waals surface area contributed by atoms with Gasteiger partial charge in [-0.1, -0.05) is 5.10 Å². The van der Waals surface area contributed by atoms with E-state index in [9.17, 15) is 9.59 Å². The highest BCUT2D eigenvalue weighted by molar-refractivity contribution is 6.06. The van der Waals surface area contributed by atoms with Gasteiger partial charge in [0.1, 0.15) is 23.2 Å². The molecule has 1 aliphatic heterocycles. The van der Waals surface area contributed by atoms with Crippen molar-refractivity contribution in [3.63, 3.8) is 0 Å². The van der Waals surface area contributed by atoms with Crippen molar-refractivity contribution >= 4 is 17.7 Å². The Labute approximate surface area is 148 Å². The van der Waals surface area contributed by atoms with Crippen molar-refractivity contribution in [2.45, 2.75) is 13.0 Å². The van der Waals surface area contributed by atoms with Gasteiger partial charge in [-0.05, 0) is 35.5 Å². The van der Waals surface area contributed by atoms with E-state index in [0.717, 1.165) is 0 Å². The van der Waals surface area contributed by atoms with Crippen LogP contribution in [0, 0.1) is 0 Å². The van der Waals surface area contributed by atoms with Crippen LogP contribution in [0.5, 0.6) is 11.5 Å². The zero-order chi connectivity index (χ0) is 18.8. The fourth-order valence-electron chi connectivity index (χ4n) is 2.86. The minimum atomic E-state index is -0.794. The summed E-state index contributed by atoms with van der Waals surface area (Å²) in [4.78, 5) is 24.7. The van der Waals surface area contributed by atoms with E-state index in [1.54, 1.807) is 18.2 Å². The molecule has 0 radical (unpaired) electrons. The Morgan fingerprint density at radius 1 is 1.19 bits per heavy atom. The summed E-state index contributed by atoms with van der Waals surface area (Å²) in [6.07, 6.45) is 0. The molecule has 26 heavy (non-hydrogen) atoms. The van der Waals surface area contributed by atoms with Gasteiger partial charge in [0.25, 0.3) is 0 Å². The summed E-state index contributed by atoms with van der Waals surface area (Å²) in [6.45, 7) is 1.36. The van der Waals surface area contributed by atoms with Gasteiger partial charge < -0.3 is 19.5 Å². The molecule has 0 amide bonds. The monoisotopic (exact) mass is 359 g/mol. The first kappa shape index (κ1) is 17.4. The maximum atomic E-state index is 12.4. The van der Waals surface area contributed by atoms with Gasteiger partial charge >= 0.3 is 5.97 Å². The molecule has 0 spiro atoms. The number of esters is 1. The van der Waals surface area contributed by atoms with Crippen LogP contribution in [0.15, 0.2) is 29.5 Å². The molecule has 136 valence electrons. The third-order valence-corrected chi connectivity index (χ3v) is 4.02. The number of aromatic nitrogens is 4. The molecule has 10 nitrogen and oxygen atoms in total. The highest BCUT2D eigenvalue weighted by Gasteiger charge is 2.38. The fourth-order valence-corrected chi connectivity index (χ4v) is 2.86. The number of fused-ring (bicyclic) bond motifs is 1. The van der Waals surface area contributed by atoms with Crippen LogP contribution in [0.2, 0.25) is 0 Å². The molecular formula is C16H17N5O5. The first-order valence-corrected chi connectivity index (χ1v) is 7.62. The van der Waals surface area contributed by atoms with Crippen molar-refractivity contribution in [3.05, 3.63) is 35.0 Å². The first-order valence-electron chi connectivity index (χ1n) is 7.62. The predicted octanol–water partition coefficient (Wildman–Crippen LogP) is 0.721. The lowest BCUT2D eigenvalue weighted by molar-refractivity contribution is -0.136. The van der Waals surface area contributed by atoms with Crippen LogP contribution < -0.4 is 14.8 Å². The molecule has 10 heteroatoms. The zero-order valence-corrected chi connectivity index (χ0v) is 14.6. The zero-order valence-electron chi connectivity index (χ0n) is 14.6. The van der Waals surface area contributed by atoms with Crippen LogP contribution in [0.25, 0.3) is 0 Å². The molecule has 2 heterocycles. The molecule has 0 saturated carbocycles. The number of rotatable bonds is 5. The number of ether oxygens (including phenoxy) is 3. The van der Waals surface area contributed by atoms with Gasteiger partial charge in [-0.15, -0.1) is 0 Å². The van der Waals surface area contributed by atoms with E-state index in [0.29, 0.717) is 17.1 Å². The van der Waals surface area contributed by atoms with Crippen molar-refractivity contribution < 1.29 is 23.8 Å². The smallest absolute Gasteiger partial charge is 0.355 e. The molecule has 1 atom stereocenters. The Morgan fingerprint density at radius 3 is 2.58 bits per heavy atom. The molecule has 1 aliphatic rings. The Hall–Kier alpha value is -3.43. The third-order valence-electron chi connectivity index (χ3n) is 4.02. The Kier molecular flexibility index (Phi) is 4.57. The fraction of sp³-hybridized carbons (Fsp3) is 0.312. The highest BCUT2D eigenvalue weighted by atomic mass is 16.5. The molecule has 0 bridgehead atoms. The van der Waals surface area contributed by atoms with E-state index in [4.69, 9.17) is 14.2 Å². The number of carbonyl (C=O) groups is 2. The van der Waals surface area contributed by atoms with E-state index >= 15 is 0 Å². The van der Waals surface area contributed by atoms with E-state index in [2.05, 4.69) is 20.8 Å². The van der Waals surface area contributed by atoms with Crippen molar-refractivity contribution in [1.29, 1.82) is 0 Å². The number of nitrogens with one attached hydrogen (secondary N) is 1. The van der Waals surface area contributed by atoms with Crippen molar-refractivity contribution in [2.75, 3.05) is 26.6 Å². The number of carbonyl (C=O) groups excluding carboxylic acids is 2. The van der Waals surface area contributed by atoms with Gasteiger partial charge in [-0.2, -0.15) is 4.68 Å². The van der Waals surface area contributed by atoms with Crippen LogP contribution in [0.1, 0.15) is 18.5 Å². The topological polar surface area (TPSA) is 117 Å². The lowest BCUT2D eigenvalue weighted by Crippen LogP contribution is -2.32. The summed E-state index contributed by atoms with van der Waals surface area (Å²) in [5.41, 5.74) is 0.703. The van der Waals surface area contributed by atoms with Crippen LogP contribution in [0.3, 0.4) is 0 Å². The molecule has 3 rings (SSSR count). The maximum Gasteiger partial charge on any atom is 0.355 e. The van der Waals surface area contributed by atoms with Crippen molar-refractivity contribution in [1.82, 2.24) is 20.2 Å². The molecule has 0 fully saturated rings. The number of ketones is 1. The van der Waals surface area contributed by atoms with Gasteiger partial charge in [-0.3, -0.25) is 4.79 Å². The quantitative estimate of drug-likeness (QED) is 0.770. The predicted molar refractivity (Wildman–Crippen MR) is 88.8 cm³/mol. The normalized spacial score (nSPS) is 15.8. The minimum Gasteiger partial charge on any atom is -0.497 e. The number of tetrazole rings is 1. The molecule has 0 aliphatic carbocycles. The molecule has 1 aromatic heterocycles. The molecule has 1 N–H and O–H groups in total. The largest absolute Gasteiger partial charge is 0.497 e. The van der Waals surface area contributed by atoms with E-state index in [1.807, 2.05) is 0 Å². The summed E-state index contributed by atoms with van der Waals surface area (Å²) >= 11 is 0. The van der Waals surface area contributed by atoms with Gasteiger partial charge in [0.05, 0.1) is 26.9 Å². The highest BCUT2D eigenvalue weighted by Crippen LogP contribution is 2.40. The summed E-state index contributed by atoms with van der Waals surface area (Å²) in [5.74, 6) is 0.203. The summed E-state index contributed by atoms with van der Waals surface area (Å²) < 4.78 is 16.9. The van der Waals surface area contributed by atoms with Gasteiger partial charge in [0.15, 0.2) is 5.78 Å². The second-order valence-electron chi connectivity index (χ2n) is 5.42. The number of Topliss-reactive ketones (excluding diaryl/α,β-unsaturated/α-hetero) is 1. The summed E-state index contributed by atoms with van der Waals surface area (Å²) in [7, 11) is 4.26. The number of hydrogen-bond donors (Lipinski definition) is 1. The lowest BCUT2D eigenvalue weighted by Gasteiger charge is -2.28. The number of anilines is 1. The van der Waals surface area contributed by atoms with Crippen molar-refractivity contribution in [3.8, 4) is 11.5 Å². The molecule has 2 aromatic rings. The Balaban J connectivity index is 2.31. The first-order chi connectivity index (χ1) is 12.5. The van der Waals surface area contributed by atoms with Crippen molar-refractivity contribution in [2.24, 2.45) is 0 Å². The average Bonchev–Trinajstić information content (AvgIpc) is 3.13. The number of allylic oxidation sites excluding steroid dienone is 1. The average molecular weight is 359 g/mol. The SMILES string of the molecule is COC(=O)C1=C(C(C)=O)[C@@H](c2cc(OC)ccc2OC)n2nnnc2N1. The Morgan fingerprint density at radius 2 is 1.96 bits per heavy atom. The van der Waals surface area contributed by atoms with Crippen LogP contribution >= 0.6 is 0 Å². The van der Waals surface area contributed by atoms with Crippen LogP contribution in [-0.2, 0) is 14.3 Å². The number of benzene rings is 1. The maximum absolute atomic E-state index is 12.4. The molecular weight excluding hydrogens is 342 g/mol. The lowest BCUT2D eigenvalue weighted by atomic mass is 9.92. The molecule has 0 unspecified atom stereocenters. The van der Waals surface area contributed by atoms with E-state index in [1.165, 1.54) is 32.9 Å².